The molecule has 3 rings (SSSR count). The van der Waals surface area contributed by atoms with Gasteiger partial charge in [-0.1, -0.05) is 12.1 Å². The number of carbonyl (C=O) groups is 2. The average Bonchev–Trinajstić information content (AvgIpc) is 2.72. The van der Waals surface area contributed by atoms with E-state index in [0.29, 0.717) is 23.6 Å². The largest absolute Gasteiger partial charge is 0.496 e. The second-order valence-electron chi connectivity index (χ2n) is 6.84. The smallest absolute Gasteiger partial charge is 0.257 e. The molecule has 2 aromatic carbocycles. The number of ether oxygens (including phenoxy) is 3. The molecular weight excluding hydrogens is 379 g/mol. The minimum absolute atomic E-state index is 0.0166. The van der Waals surface area contributed by atoms with Gasteiger partial charge in [0.05, 0.1) is 32.2 Å². The zero-order chi connectivity index (χ0) is 20.9. The molecular formula is C21H23FN2O5. The zero-order valence-electron chi connectivity index (χ0n) is 16.1. The van der Waals surface area contributed by atoms with E-state index in [2.05, 4.69) is 0 Å². The molecule has 29 heavy (non-hydrogen) atoms. The van der Waals surface area contributed by atoms with Crippen molar-refractivity contribution in [3.8, 4) is 11.5 Å². The maximum Gasteiger partial charge on any atom is 0.257 e. The number of halogens is 1. The van der Waals surface area contributed by atoms with Crippen molar-refractivity contribution in [3.05, 3.63) is 59.9 Å². The molecule has 0 radical (unpaired) electrons. The molecule has 0 unspecified atom stereocenters. The van der Waals surface area contributed by atoms with E-state index in [-0.39, 0.29) is 37.9 Å². The lowest BCUT2D eigenvalue weighted by Gasteiger charge is -2.42. The quantitative estimate of drug-likeness (QED) is 0.765. The van der Waals surface area contributed by atoms with E-state index in [9.17, 15) is 14.0 Å². The van der Waals surface area contributed by atoms with Gasteiger partial charge in [0.1, 0.15) is 29.5 Å². The second-order valence-corrected chi connectivity index (χ2v) is 6.84. The number of amides is 2. The number of rotatable bonds is 7. The van der Waals surface area contributed by atoms with Crippen LogP contribution in [-0.4, -0.2) is 55.7 Å². The van der Waals surface area contributed by atoms with Crippen molar-refractivity contribution in [1.29, 1.82) is 0 Å². The summed E-state index contributed by atoms with van der Waals surface area (Å²) in [7, 11) is 1.50. The van der Waals surface area contributed by atoms with E-state index in [1.54, 1.807) is 29.2 Å². The number of carbonyl (C=O) groups excluding carboxylic acids is 2. The van der Waals surface area contributed by atoms with Crippen LogP contribution in [0, 0.1) is 5.82 Å². The van der Waals surface area contributed by atoms with Crippen molar-refractivity contribution < 1.29 is 28.2 Å². The first-order valence-corrected chi connectivity index (χ1v) is 9.15. The molecule has 7 nitrogen and oxygen atoms in total. The number of hydrogen-bond donors (Lipinski definition) is 1. The predicted molar refractivity (Wildman–Crippen MR) is 103 cm³/mol. The van der Waals surface area contributed by atoms with Gasteiger partial charge in [0.15, 0.2) is 0 Å². The summed E-state index contributed by atoms with van der Waals surface area (Å²) in [6.45, 7) is 0.681. The number of nitrogens with zero attached hydrogens (tertiary/aromatic N) is 1. The highest BCUT2D eigenvalue weighted by Crippen LogP contribution is 2.27. The topological polar surface area (TPSA) is 91.1 Å². The summed E-state index contributed by atoms with van der Waals surface area (Å²) in [6, 6.07) is 12.4. The van der Waals surface area contributed by atoms with Crippen LogP contribution >= 0.6 is 0 Å². The van der Waals surface area contributed by atoms with E-state index < -0.39 is 11.5 Å². The van der Waals surface area contributed by atoms with Crippen LogP contribution in [0.1, 0.15) is 16.8 Å². The lowest BCUT2D eigenvalue weighted by Crippen LogP contribution is -2.58. The van der Waals surface area contributed by atoms with Gasteiger partial charge in [-0.3, -0.25) is 9.59 Å². The van der Waals surface area contributed by atoms with Crippen LogP contribution in [-0.2, 0) is 9.53 Å². The SMILES string of the molecule is COc1ccccc1C(=O)N1CCO[C@@](COc2ccc(F)cc2)(CC(N)=O)C1. The molecule has 1 heterocycles. The van der Waals surface area contributed by atoms with Crippen molar-refractivity contribution in [2.75, 3.05) is 33.4 Å². The monoisotopic (exact) mass is 402 g/mol. The summed E-state index contributed by atoms with van der Waals surface area (Å²) in [5.41, 5.74) is 4.75. The summed E-state index contributed by atoms with van der Waals surface area (Å²) in [5.74, 6) is -0.300. The minimum atomic E-state index is -1.10. The number of hydrogen-bond acceptors (Lipinski definition) is 5. The summed E-state index contributed by atoms with van der Waals surface area (Å²) in [6.07, 6.45) is -0.121. The minimum Gasteiger partial charge on any atom is -0.496 e. The maximum atomic E-state index is 13.1. The van der Waals surface area contributed by atoms with Crippen molar-refractivity contribution >= 4 is 11.8 Å². The van der Waals surface area contributed by atoms with Crippen molar-refractivity contribution in [3.63, 3.8) is 0 Å². The normalized spacial score (nSPS) is 18.9. The number of nitrogens with two attached hydrogens (primary N) is 1. The van der Waals surface area contributed by atoms with Gasteiger partial charge in [-0.05, 0) is 36.4 Å². The van der Waals surface area contributed by atoms with Gasteiger partial charge >= 0.3 is 0 Å². The van der Waals surface area contributed by atoms with Crippen molar-refractivity contribution in [1.82, 2.24) is 4.90 Å². The molecule has 0 spiro atoms. The highest BCUT2D eigenvalue weighted by atomic mass is 19.1. The van der Waals surface area contributed by atoms with Gasteiger partial charge in [-0.25, -0.2) is 4.39 Å². The Balaban J connectivity index is 1.78. The number of benzene rings is 2. The molecule has 1 fully saturated rings. The van der Waals surface area contributed by atoms with Gasteiger partial charge in [0, 0.05) is 6.54 Å². The first kappa shape index (κ1) is 20.6. The molecule has 1 aliphatic heterocycles. The van der Waals surface area contributed by atoms with Crippen LogP contribution in [0.2, 0.25) is 0 Å². The van der Waals surface area contributed by atoms with Crippen LogP contribution in [0.15, 0.2) is 48.5 Å². The maximum absolute atomic E-state index is 13.1. The third kappa shape index (κ3) is 5.03. The molecule has 0 bridgehead atoms. The Labute approximate surface area is 168 Å². The molecule has 154 valence electrons. The number of morpholine rings is 1. The Hall–Kier alpha value is -3.13. The van der Waals surface area contributed by atoms with Gasteiger partial charge in [0.2, 0.25) is 5.91 Å². The van der Waals surface area contributed by atoms with E-state index >= 15 is 0 Å². The van der Waals surface area contributed by atoms with Crippen LogP contribution in [0.3, 0.4) is 0 Å². The van der Waals surface area contributed by atoms with Crippen LogP contribution < -0.4 is 15.2 Å². The molecule has 1 atom stereocenters. The van der Waals surface area contributed by atoms with E-state index in [4.69, 9.17) is 19.9 Å². The third-order valence-corrected chi connectivity index (χ3v) is 4.68. The second kappa shape index (κ2) is 8.91. The fourth-order valence-electron chi connectivity index (χ4n) is 3.32. The van der Waals surface area contributed by atoms with Gasteiger partial charge in [-0.15, -0.1) is 0 Å². The highest BCUT2D eigenvalue weighted by Gasteiger charge is 2.41. The lowest BCUT2D eigenvalue weighted by atomic mass is 9.97. The predicted octanol–water partition coefficient (Wildman–Crippen LogP) is 2.00. The Kier molecular flexibility index (Phi) is 6.33. The third-order valence-electron chi connectivity index (χ3n) is 4.68. The molecule has 0 saturated carbocycles. The highest BCUT2D eigenvalue weighted by molar-refractivity contribution is 5.97. The average molecular weight is 402 g/mol. The molecule has 0 aliphatic carbocycles. The molecule has 2 aromatic rings. The summed E-state index contributed by atoms with van der Waals surface area (Å²) in [4.78, 5) is 26.3. The first-order valence-electron chi connectivity index (χ1n) is 9.15. The molecule has 8 heteroatoms. The van der Waals surface area contributed by atoms with Crippen molar-refractivity contribution in [2.24, 2.45) is 5.73 Å². The first-order chi connectivity index (χ1) is 13.9. The molecule has 2 N–H and O–H groups in total. The number of para-hydroxylation sites is 1. The Morgan fingerprint density at radius 1 is 1.21 bits per heavy atom. The van der Waals surface area contributed by atoms with E-state index in [0.717, 1.165) is 0 Å². The van der Waals surface area contributed by atoms with Gasteiger partial charge in [-0.2, -0.15) is 0 Å². The summed E-state index contributed by atoms with van der Waals surface area (Å²) in [5, 5.41) is 0. The van der Waals surface area contributed by atoms with Gasteiger partial charge in [0.25, 0.3) is 5.91 Å². The number of primary amides is 1. The molecule has 1 saturated heterocycles. The Bertz CT molecular complexity index is 874. The zero-order valence-corrected chi connectivity index (χ0v) is 16.1. The van der Waals surface area contributed by atoms with Crippen LogP contribution in [0.5, 0.6) is 11.5 Å². The molecule has 0 aromatic heterocycles. The van der Waals surface area contributed by atoms with Gasteiger partial charge < -0.3 is 24.8 Å². The van der Waals surface area contributed by atoms with E-state index in [1.165, 1.54) is 31.4 Å². The number of methoxy groups -OCH3 is 1. The lowest BCUT2D eigenvalue weighted by molar-refractivity contribution is -0.142. The molecule has 2 amide bonds. The van der Waals surface area contributed by atoms with Crippen LogP contribution in [0.4, 0.5) is 4.39 Å². The van der Waals surface area contributed by atoms with Crippen LogP contribution in [0.25, 0.3) is 0 Å². The summed E-state index contributed by atoms with van der Waals surface area (Å²) >= 11 is 0. The Morgan fingerprint density at radius 2 is 1.93 bits per heavy atom. The molecule has 1 aliphatic rings. The Morgan fingerprint density at radius 3 is 2.62 bits per heavy atom. The van der Waals surface area contributed by atoms with E-state index in [1.807, 2.05) is 0 Å². The van der Waals surface area contributed by atoms with Crippen molar-refractivity contribution in [2.45, 2.75) is 12.0 Å². The fraction of sp³-hybridized carbons (Fsp3) is 0.333. The fourth-order valence-corrected chi connectivity index (χ4v) is 3.32. The standard InChI is InChI=1S/C21H23FN2O5/c1-27-18-5-3-2-4-17(18)20(26)24-10-11-29-21(13-24,12-19(23)25)14-28-16-8-6-15(22)7-9-16/h2-9H,10-14H2,1H3,(H2,23,25)/t21-/m0/s1. The summed E-state index contributed by atoms with van der Waals surface area (Å²) < 4.78 is 30.0.